The van der Waals surface area contributed by atoms with E-state index in [1.54, 1.807) is 18.1 Å². The van der Waals surface area contributed by atoms with Crippen LogP contribution in [0.4, 0.5) is 11.6 Å². The van der Waals surface area contributed by atoms with Gasteiger partial charge in [0, 0.05) is 42.4 Å². The lowest BCUT2D eigenvalue weighted by atomic mass is 9.75. The Morgan fingerprint density at radius 1 is 1.13 bits per heavy atom. The summed E-state index contributed by atoms with van der Waals surface area (Å²) < 4.78 is 7.70. The van der Waals surface area contributed by atoms with Gasteiger partial charge in [0.2, 0.25) is 0 Å². The quantitative estimate of drug-likeness (QED) is 0.402. The average molecular weight is 548 g/mol. The first kappa shape index (κ1) is 26.3. The summed E-state index contributed by atoms with van der Waals surface area (Å²) in [6.07, 6.45) is 8.37. The van der Waals surface area contributed by atoms with E-state index in [0.717, 1.165) is 54.5 Å². The van der Waals surface area contributed by atoms with Crippen LogP contribution in [0.15, 0.2) is 35.5 Å². The Bertz CT molecular complexity index is 1360. The number of ether oxygens (including phenoxy) is 1. The number of pyridine rings is 1. The number of anilines is 2. The Hall–Kier alpha value is -2.95. The fourth-order valence-corrected chi connectivity index (χ4v) is 6.68. The van der Waals surface area contributed by atoms with E-state index < -0.39 is 0 Å². The number of nitrogens with one attached hydrogen (secondary N) is 1. The van der Waals surface area contributed by atoms with Crippen molar-refractivity contribution >= 4 is 29.3 Å². The molecule has 0 radical (unpaired) electrons. The first-order chi connectivity index (χ1) is 19.0. The zero-order chi connectivity index (χ0) is 27.0. The number of aryl methyl sites for hydroxylation is 1. The fourth-order valence-electron chi connectivity index (χ4n) is 5.99. The molecule has 3 aliphatic rings. The highest BCUT2D eigenvalue weighted by Gasteiger charge is 2.43. The second kappa shape index (κ2) is 10.9. The summed E-state index contributed by atoms with van der Waals surface area (Å²) in [5, 5.41) is 11.8. The van der Waals surface area contributed by atoms with E-state index in [0.29, 0.717) is 32.0 Å². The number of benzene rings is 1. The van der Waals surface area contributed by atoms with Crippen molar-refractivity contribution in [2.45, 2.75) is 56.0 Å². The minimum atomic E-state index is -0.232. The Morgan fingerprint density at radius 3 is 2.62 bits per heavy atom. The number of fused-ring (bicyclic) bond motifs is 1. The molecule has 6 rings (SSSR count). The zero-order valence-corrected chi connectivity index (χ0v) is 23.9. The number of hydrogen-bond donors (Lipinski definition) is 1. The monoisotopic (exact) mass is 547 g/mol. The van der Waals surface area contributed by atoms with Crippen molar-refractivity contribution < 1.29 is 9.53 Å². The molecule has 0 unspecified atom stereocenters. The molecule has 206 valence electrons. The molecule has 5 heterocycles. The summed E-state index contributed by atoms with van der Waals surface area (Å²) in [7, 11) is 1.97. The molecular formula is C29H37N7O2S. The zero-order valence-electron chi connectivity index (χ0n) is 23.1. The van der Waals surface area contributed by atoms with E-state index in [9.17, 15) is 4.79 Å². The van der Waals surface area contributed by atoms with Gasteiger partial charge in [-0.25, -0.2) is 4.98 Å². The van der Waals surface area contributed by atoms with Gasteiger partial charge >= 0.3 is 0 Å². The molecule has 0 aliphatic carbocycles. The molecule has 9 nitrogen and oxygen atoms in total. The highest BCUT2D eigenvalue weighted by molar-refractivity contribution is 7.98. The van der Waals surface area contributed by atoms with Crippen LogP contribution in [0, 0.1) is 0 Å². The van der Waals surface area contributed by atoms with Crippen molar-refractivity contribution in [3.63, 3.8) is 0 Å². The van der Waals surface area contributed by atoms with Crippen LogP contribution in [0.2, 0.25) is 0 Å². The minimum absolute atomic E-state index is 0.0279. The third-order valence-corrected chi connectivity index (χ3v) is 9.06. The van der Waals surface area contributed by atoms with Crippen molar-refractivity contribution in [1.82, 2.24) is 24.6 Å². The molecule has 0 bridgehead atoms. The Kier molecular flexibility index (Phi) is 7.35. The number of carbonyl (C=O) groups excluding carboxylic acids is 1. The molecule has 1 amide bonds. The van der Waals surface area contributed by atoms with Crippen LogP contribution in [0.25, 0.3) is 0 Å². The summed E-state index contributed by atoms with van der Waals surface area (Å²) in [5.74, 6) is 2.39. The van der Waals surface area contributed by atoms with Crippen molar-refractivity contribution in [2.24, 2.45) is 7.05 Å². The van der Waals surface area contributed by atoms with E-state index in [2.05, 4.69) is 57.9 Å². The Balaban J connectivity index is 1.33. The number of nitrogens with zero attached hydrogens (tertiary/aromatic N) is 6. The number of amides is 1. The third-order valence-electron chi connectivity index (χ3n) is 8.25. The number of rotatable bonds is 9. The number of piperidine rings is 1. The van der Waals surface area contributed by atoms with Crippen LogP contribution in [-0.2, 0) is 36.7 Å². The first-order valence-corrected chi connectivity index (χ1v) is 15.1. The van der Waals surface area contributed by atoms with Gasteiger partial charge in [-0.05, 0) is 80.1 Å². The molecule has 2 saturated heterocycles. The van der Waals surface area contributed by atoms with Gasteiger partial charge in [0.05, 0.1) is 19.8 Å². The van der Waals surface area contributed by atoms with Crippen LogP contribution >= 0.6 is 11.8 Å². The molecule has 2 aromatic heterocycles. The smallest absolute Gasteiger partial charge is 0.260 e. The van der Waals surface area contributed by atoms with Crippen molar-refractivity contribution in [3.05, 3.63) is 58.7 Å². The lowest BCUT2D eigenvalue weighted by molar-refractivity contribution is -0.0611. The SMILES string of the molecule is CCNc1cc(C2(Cc3nncn3C)COC2)cc(N2Cc3c(SC)cc(CN4CCCCC4)cc3C2=O)n1. The van der Waals surface area contributed by atoms with Crippen LogP contribution in [0.5, 0.6) is 0 Å². The first-order valence-electron chi connectivity index (χ1n) is 13.9. The number of aromatic nitrogens is 4. The molecule has 3 aromatic rings. The van der Waals surface area contributed by atoms with Gasteiger partial charge in [-0.3, -0.25) is 14.6 Å². The molecule has 1 aromatic carbocycles. The van der Waals surface area contributed by atoms with Crippen LogP contribution in [-0.4, -0.2) is 69.7 Å². The predicted molar refractivity (Wildman–Crippen MR) is 153 cm³/mol. The van der Waals surface area contributed by atoms with E-state index in [-0.39, 0.29) is 11.3 Å². The average Bonchev–Trinajstić information content (AvgIpc) is 3.48. The lowest BCUT2D eigenvalue weighted by Gasteiger charge is -2.42. The molecule has 0 saturated carbocycles. The second-order valence-electron chi connectivity index (χ2n) is 11.0. The van der Waals surface area contributed by atoms with Gasteiger partial charge in [0.1, 0.15) is 23.8 Å². The minimum Gasteiger partial charge on any atom is -0.379 e. The number of hydrogen-bond acceptors (Lipinski definition) is 8. The highest BCUT2D eigenvalue weighted by Crippen LogP contribution is 2.40. The maximum Gasteiger partial charge on any atom is 0.260 e. The molecule has 1 N–H and O–H groups in total. The van der Waals surface area contributed by atoms with Gasteiger partial charge < -0.3 is 14.6 Å². The maximum atomic E-state index is 13.9. The van der Waals surface area contributed by atoms with E-state index in [1.165, 1.54) is 29.7 Å². The molecular weight excluding hydrogens is 510 g/mol. The largest absolute Gasteiger partial charge is 0.379 e. The molecule has 2 fully saturated rings. The molecule has 0 spiro atoms. The number of likely N-dealkylation sites (tertiary alicyclic amines) is 1. The maximum absolute atomic E-state index is 13.9. The molecule has 10 heteroatoms. The van der Waals surface area contributed by atoms with E-state index >= 15 is 0 Å². The summed E-state index contributed by atoms with van der Waals surface area (Å²) >= 11 is 1.72. The van der Waals surface area contributed by atoms with Crippen molar-refractivity contribution in [3.8, 4) is 0 Å². The molecule has 39 heavy (non-hydrogen) atoms. The topological polar surface area (TPSA) is 88.4 Å². The van der Waals surface area contributed by atoms with Gasteiger partial charge in [-0.1, -0.05) is 6.42 Å². The lowest BCUT2D eigenvalue weighted by Crippen LogP contribution is -2.49. The Labute approximate surface area is 234 Å². The van der Waals surface area contributed by atoms with Gasteiger partial charge in [0.25, 0.3) is 5.91 Å². The number of thioether (sulfide) groups is 1. The Morgan fingerprint density at radius 2 is 1.95 bits per heavy atom. The van der Waals surface area contributed by atoms with Gasteiger partial charge in [0.15, 0.2) is 0 Å². The van der Waals surface area contributed by atoms with Crippen molar-refractivity contribution in [1.29, 1.82) is 0 Å². The van der Waals surface area contributed by atoms with Gasteiger partial charge in [-0.15, -0.1) is 22.0 Å². The predicted octanol–water partition coefficient (Wildman–Crippen LogP) is 4.02. The third kappa shape index (κ3) is 5.05. The standard InChI is InChI=1S/C29H37N7O2S/c1-4-30-25-12-21(29(17-38-18-29)14-27-33-31-19-34(27)2)13-26(32-25)36-16-23-22(28(36)37)10-20(11-24(23)39-3)15-35-8-6-5-7-9-35/h10-13,19H,4-9,14-18H2,1-3H3,(H,30,32). The summed E-state index contributed by atoms with van der Waals surface area (Å²) in [6, 6.07) is 8.58. The normalized spacial score (nSPS) is 18.7. The number of carbonyl (C=O) groups is 1. The van der Waals surface area contributed by atoms with Crippen molar-refractivity contribution in [2.75, 3.05) is 49.3 Å². The second-order valence-corrected chi connectivity index (χ2v) is 11.8. The molecule has 0 atom stereocenters. The summed E-state index contributed by atoms with van der Waals surface area (Å²) in [6.45, 7) is 7.69. The van der Waals surface area contributed by atoms with Crippen LogP contribution in [0.1, 0.15) is 59.1 Å². The summed E-state index contributed by atoms with van der Waals surface area (Å²) in [4.78, 5) is 24.4. The van der Waals surface area contributed by atoms with E-state index in [4.69, 9.17) is 9.72 Å². The highest BCUT2D eigenvalue weighted by atomic mass is 32.2. The van der Waals surface area contributed by atoms with E-state index in [1.807, 2.05) is 16.5 Å². The van der Waals surface area contributed by atoms with Crippen LogP contribution in [0.3, 0.4) is 0 Å². The summed E-state index contributed by atoms with van der Waals surface area (Å²) in [5.41, 5.74) is 4.01. The van der Waals surface area contributed by atoms with Gasteiger partial charge in [-0.2, -0.15) is 0 Å². The molecule has 3 aliphatic heterocycles. The van der Waals surface area contributed by atoms with Crippen LogP contribution < -0.4 is 10.2 Å². The fraction of sp³-hybridized carbons (Fsp3) is 0.517.